The minimum Gasteiger partial charge on any atom is -0.452 e. The van der Waals surface area contributed by atoms with Crippen molar-refractivity contribution in [3.05, 3.63) is 57.7 Å². The van der Waals surface area contributed by atoms with E-state index in [1.807, 2.05) is 48.7 Å². The van der Waals surface area contributed by atoms with Crippen LogP contribution in [-0.2, 0) is 14.3 Å². The van der Waals surface area contributed by atoms with Gasteiger partial charge in [0.15, 0.2) is 6.61 Å². The van der Waals surface area contributed by atoms with Crippen LogP contribution >= 0.6 is 22.7 Å². The standard InChI is InChI=1S/C19H18N2O3S2/c1-13(19-20-15-7-3-4-8-16(15)26-19)21(2)17(22)12-24-18(23)10-9-14-6-5-11-25-14/h3-11,13H,12H2,1-2H3/b10-9+/t13-/m1/s1. The molecule has 0 aliphatic carbocycles. The van der Waals surface area contributed by atoms with E-state index in [1.165, 1.54) is 17.4 Å². The van der Waals surface area contributed by atoms with Crippen molar-refractivity contribution in [1.29, 1.82) is 0 Å². The summed E-state index contributed by atoms with van der Waals surface area (Å²) in [7, 11) is 1.69. The number of carbonyl (C=O) groups is 2. The third-order valence-electron chi connectivity index (χ3n) is 3.91. The van der Waals surface area contributed by atoms with Crippen molar-refractivity contribution in [2.75, 3.05) is 13.7 Å². The Hall–Kier alpha value is -2.51. The van der Waals surface area contributed by atoms with E-state index >= 15 is 0 Å². The average Bonchev–Trinajstić information content (AvgIpc) is 3.32. The first-order valence-electron chi connectivity index (χ1n) is 8.04. The third-order valence-corrected chi connectivity index (χ3v) is 5.95. The van der Waals surface area contributed by atoms with E-state index in [0.29, 0.717) is 0 Å². The smallest absolute Gasteiger partial charge is 0.331 e. The first-order chi connectivity index (χ1) is 12.5. The predicted octanol–water partition coefficient (Wildman–Crippen LogP) is 4.13. The molecule has 1 atom stereocenters. The summed E-state index contributed by atoms with van der Waals surface area (Å²) in [6.45, 7) is 1.62. The fourth-order valence-corrected chi connectivity index (χ4v) is 3.95. The number of likely N-dealkylation sites (N-methyl/N-ethyl adjacent to an activating group) is 1. The number of nitrogens with zero attached hydrogens (tertiary/aromatic N) is 2. The molecule has 5 nitrogen and oxygen atoms in total. The van der Waals surface area contributed by atoms with E-state index in [0.717, 1.165) is 20.1 Å². The van der Waals surface area contributed by atoms with Gasteiger partial charge >= 0.3 is 5.97 Å². The Labute approximate surface area is 159 Å². The van der Waals surface area contributed by atoms with Gasteiger partial charge in [0, 0.05) is 18.0 Å². The molecule has 0 saturated carbocycles. The van der Waals surface area contributed by atoms with Gasteiger partial charge in [-0.3, -0.25) is 4.79 Å². The molecule has 7 heteroatoms. The number of thiazole rings is 1. The lowest BCUT2D eigenvalue weighted by atomic mass is 10.3. The van der Waals surface area contributed by atoms with Crippen molar-refractivity contribution in [2.24, 2.45) is 0 Å². The molecule has 0 aliphatic heterocycles. The number of fused-ring (bicyclic) bond motifs is 1. The molecule has 0 bridgehead atoms. The van der Waals surface area contributed by atoms with Gasteiger partial charge in [-0.25, -0.2) is 9.78 Å². The second-order valence-electron chi connectivity index (χ2n) is 5.66. The molecule has 0 aliphatic rings. The van der Waals surface area contributed by atoms with E-state index in [-0.39, 0.29) is 18.6 Å². The number of thiophene rings is 1. The van der Waals surface area contributed by atoms with Gasteiger partial charge in [0.25, 0.3) is 5.91 Å². The maximum absolute atomic E-state index is 12.3. The van der Waals surface area contributed by atoms with Crippen LogP contribution in [0.1, 0.15) is 22.9 Å². The highest BCUT2D eigenvalue weighted by molar-refractivity contribution is 7.18. The molecule has 3 rings (SSSR count). The zero-order valence-electron chi connectivity index (χ0n) is 14.4. The topological polar surface area (TPSA) is 59.5 Å². The van der Waals surface area contributed by atoms with Gasteiger partial charge < -0.3 is 9.64 Å². The number of hydrogen-bond acceptors (Lipinski definition) is 6. The lowest BCUT2D eigenvalue weighted by Crippen LogP contribution is -2.33. The highest BCUT2D eigenvalue weighted by atomic mass is 32.1. The van der Waals surface area contributed by atoms with Crippen LogP contribution in [0, 0.1) is 0 Å². The van der Waals surface area contributed by atoms with Crippen LogP contribution in [0.2, 0.25) is 0 Å². The maximum Gasteiger partial charge on any atom is 0.331 e. The zero-order valence-corrected chi connectivity index (χ0v) is 16.0. The molecule has 2 heterocycles. The van der Waals surface area contributed by atoms with Gasteiger partial charge in [-0.15, -0.1) is 22.7 Å². The van der Waals surface area contributed by atoms with E-state index in [4.69, 9.17) is 4.74 Å². The largest absolute Gasteiger partial charge is 0.452 e. The number of aromatic nitrogens is 1. The summed E-state index contributed by atoms with van der Waals surface area (Å²) in [6.07, 6.45) is 3.00. The summed E-state index contributed by atoms with van der Waals surface area (Å²) >= 11 is 3.08. The second-order valence-corrected chi connectivity index (χ2v) is 7.70. The lowest BCUT2D eigenvalue weighted by Gasteiger charge is -2.22. The predicted molar refractivity (Wildman–Crippen MR) is 105 cm³/mol. The highest BCUT2D eigenvalue weighted by Crippen LogP contribution is 2.28. The molecule has 134 valence electrons. The molecule has 0 N–H and O–H groups in total. The molecule has 1 aromatic carbocycles. The Kier molecular flexibility index (Phi) is 5.80. The third kappa shape index (κ3) is 4.36. The van der Waals surface area contributed by atoms with Crippen LogP contribution in [-0.4, -0.2) is 35.4 Å². The molecular weight excluding hydrogens is 368 g/mol. The van der Waals surface area contributed by atoms with E-state index in [2.05, 4.69) is 4.98 Å². The van der Waals surface area contributed by atoms with Gasteiger partial charge in [-0.2, -0.15) is 0 Å². The van der Waals surface area contributed by atoms with Crippen LogP contribution < -0.4 is 0 Å². The lowest BCUT2D eigenvalue weighted by molar-refractivity contribution is -0.148. The van der Waals surface area contributed by atoms with Crippen molar-refractivity contribution < 1.29 is 14.3 Å². The van der Waals surface area contributed by atoms with Crippen LogP contribution in [0.15, 0.2) is 47.9 Å². The monoisotopic (exact) mass is 386 g/mol. The van der Waals surface area contributed by atoms with Gasteiger partial charge in [0.05, 0.1) is 16.3 Å². The number of esters is 1. The molecule has 1 amide bonds. The summed E-state index contributed by atoms with van der Waals surface area (Å²) in [6, 6.07) is 11.5. The number of amides is 1. The van der Waals surface area contributed by atoms with Gasteiger partial charge in [0.2, 0.25) is 0 Å². The first kappa shape index (κ1) is 18.3. The summed E-state index contributed by atoms with van der Waals surface area (Å²) in [5, 5.41) is 2.78. The van der Waals surface area contributed by atoms with Crippen LogP contribution in [0.25, 0.3) is 16.3 Å². The minimum atomic E-state index is -0.534. The average molecular weight is 386 g/mol. The Bertz CT molecular complexity index is 898. The number of hydrogen-bond donors (Lipinski definition) is 0. The quantitative estimate of drug-likeness (QED) is 0.472. The summed E-state index contributed by atoms with van der Waals surface area (Å²) in [5.74, 6) is -0.803. The molecule has 0 fully saturated rings. The Morgan fingerprint density at radius 1 is 1.27 bits per heavy atom. The molecule has 26 heavy (non-hydrogen) atoms. The normalized spacial score (nSPS) is 12.4. The first-order valence-corrected chi connectivity index (χ1v) is 9.73. The van der Waals surface area contributed by atoms with Crippen molar-refractivity contribution in [2.45, 2.75) is 13.0 Å². The number of benzene rings is 1. The molecule has 2 aromatic heterocycles. The van der Waals surface area contributed by atoms with Gasteiger partial charge in [-0.05, 0) is 36.6 Å². The van der Waals surface area contributed by atoms with Crippen molar-refractivity contribution in [3.8, 4) is 0 Å². The number of ether oxygens (including phenoxy) is 1. The molecule has 0 unspecified atom stereocenters. The summed E-state index contributed by atoms with van der Waals surface area (Å²) < 4.78 is 6.12. The van der Waals surface area contributed by atoms with Crippen molar-refractivity contribution in [3.63, 3.8) is 0 Å². The van der Waals surface area contributed by atoms with E-state index < -0.39 is 5.97 Å². The molecular formula is C19H18N2O3S2. The van der Waals surface area contributed by atoms with Gasteiger partial charge in [-0.1, -0.05) is 18.2 Å². The SMILES string of the molecule is C[C@H](c1nc2ccccc2s1)N(C)C(=O)COC(=O)/C=C/c1cccs1. The van der Waals surface area contributed by atoms with Crippen LogP contribution in [0.5, 0.6) is 0 Å². The van der Waals surface area contributed by atoms with E-state index in [1.54, 1.807) is 29.4 Å². The van der Waals surface area contributed by atoms with Crippen molar-refractivity contribution in [1.82, 2.24) is 9.88 Å². The Morgan fingerprint density at radius 2 is 2.08 bits per heavy atom. The van der Waals surface area contributed by atoms with Gasteiger partial charge in [0.1, 0.15) is 5.01 Å². The van der Waals surface area contributed by atoms with Crippen LogP contribution in [0.3, 0.4) is 0 Å². The maximum atomic E-state index is 12.3. The molecule has 0 spiro atoms. The zero-order chi connectivity index (χ0) is 18.5. The fourth-order valence-electron chi connectivity index (χ4n) is 2.27. The fraction of sp³-hybridized carbons (Fsp3) is 0.211. The van der Waals surface area contributed by atoms with E-state index in [9.17, 15) is 9.59 Å². The summed E-state index contributed by atoms with van der Waals surface area (Å²) in [5.41, 5.74) is 0.922. The summed E-state index contributed by atoms with van der Waals surface area (Å²) in [4.78, 5) is 31.1. The number of rotatable bonds is 6. The van der Waals surface area contributed by atoms with Crippen LogP contribution in [0.4, 0.5) is 0 Å². The Balaban J connectivity index is 1.55. The number of carbonyl (C=O) groups excluding carboxylic acids is 2. The molecule has 0 radical (unpaired) electrons. The van der Waals surface area contributed by atoms with Crippen molar-refractivity contribution >= 4 is 50.8 Å². The number of para-hydroxylation sites is 1. The molecule has 3 aromatic rings. The minimum absolute atomic E-state index is 0.194. The highest BCUT2D eigenvalue weighted by Gasteiger charge is 2.21. The second kappa shape index (κ2) is 8.25. The molecule has 0 saturated heterocycles. The Morgan fingerprint density at radius 3 is 2.81 bits per heavy atom.